The minimum absolute atomic E-state index is 0.0941. The van der Waals surface area contributed by atoms with Gasteiger partial charge in [0.15, 0.2) is 0 Å². The molecule has 3 aromatic carbocycles. The molecule has 35 heavy (non-hydrogen) atoms. The zero-order chi connectivity index (χ0) is 25.4. The van der Waals surface area contributed by atoms with Crippen molar-refractivity contribution in [3.63, 3.8) is 0 Å². The molecule has 0 atom stereocenters. The van der Waals surface area contributed by atoms with Gasteiger partial charge in [0.2, 0.25) is 10.0 Å². The van der Waals surface area contributed by atoms with Gasteiger partial charge in [-0.25, -0.2) is 25.5 Å². The number of aryl methyl sites for hydroxylation is 3. The number of sulfonamides is 1. The van der Waals surface area contributed by atoms with Crippen molar-refractivity contribution in [3.8, 4) is 5.75 Å². The molecule has 1 aromatic heterocycles. The van der Waals surface area contributed by atoms with Crippen molar-refractivity contribution in [3.05, 3.63) is 89.1 Å². The highest BCUT2D eigenvalue weighted by molar-refractivity contribution is 7.90. The van der Waals surface area contributed by atoms with E-state index in [4.69, 9.17) is 4.74 Å². The number of ether oxygens (including phenoxy) is 1. The number of nitrogens with one attached hydrogen (secondary N) is 1. The first kappa shape index (κ1) is 25.0. The minimum atomic E-state index is -3.79. The standard InChI is InChI=1S/C26H28N2O5S2/c1-18-5-9-23(10-6-18)35(31,32)28-14-12-22-8-7-21(17-24(22)28)11-13-27-34(29,30)26-16-20(3)19(2)15-25(26)33-4/h5-10,12,14-17,27H,11,13H2,1-4H3. The van der Waals surface area contributed by atoms with Crippen molar-refractivity contribution in [2.75, 3.05) is 13.7 Å². The Morgan fingerprint density at radius 3 is 2.23 bits per heavy atom. The van der Waals surface area contributed by atoms with Crippen LogP contribution in [-0.2, 0) is 26.5 Å². The fraction of sp³-hybridized carbons (Fsp3) is 0.231. The molecular weight excluding hydrogens is 484 g/mol. The van der Waals surface area contributed by atoms with Crippen molar-refractivity contribution < 1.29 is 21.6 Å². The van der Waals surface area contributed by atoms with Crippen LogP contribution in [0.3, 0.4) is 0 Å². The van der Waals surface area contributed by atoms with Gasteiger partial charge in [0.25, 0.3) is 10.0 Å². The van der Waals surface area contributed by atoms with Gasteiger partial charge in [-0.15, -0.1) is 0 Å². The first-order valence-electron chi connectivity index (χ1n) is 11.1. The Balaban J connectivity index is 1.56. The van der Waals surface area contributed by atoms with Gasteiger partial charge in [-0.05, 0) is 80.3 Å². The molecule has 0 fully saturated rings. The predicted octanol–water partition coefficient (Wildman–Crippen LogP) is 4.33. The van der Waals surface area contributed by atoms with E-state index in [9.17, 15) is 16.8 Å². The molecule has 0 radical (unpaired) electrons. The third-order valence-corrected chi connectivity index (χ3v) is 9.26. The molecule has 0 aliphatic rings. The lowest BCUT2D eigenvalue weighted by molar-refractivity contribution is 0.402. The molecule has 0 amide bonds. The van der Waals surface area contributed by atoms with Gasteiger partial charge >= 0.3 is 0 Å². The number of nitrogens with zero attached hydrogens (tertiary/aromatic N) is 1. The summed E-state index contributed by atoms with van der Waals surface area (Å²) in [7, 11) is -6.11. The maximum atomic E-state index is 13.2. The van der Waals surface area contributed by atoms with Crippen LogP contribution in [0.5, 0.6) is 5.75 Å². The summed E-state index contributed by atoms with van der Waals surface area (Å²) in [5.74, 6) is 0.293. The van der Waals surface area contributed by atoms with Gasteiger partial charge < -0.3 is 4.74 Å². The van der Waals surface area contributed by atoms with E-state index in [1.54, 1.807) is 54.7 Å². The molecule has 184 valence electrons. The Kier molecular flexibility index (Phi) is 6.77. The molecule has 0 unspecified atom stereocenters. The highest BCUT2D eigenvalue weighted by Gasteiger charge is 2.21. The van der Waals surface area contributed by atoms with E-state index in [2.05, 4.69) is 4.72 Å². The quantitative estimate of drug-likeness (QED) is 0.379. The number of benzene rings is 3. The summed E-state index contributed by atoms with van der Waals surface area (Å²) in [5, 5.41) is 0.782. The van der Waals surface area contributed by atoms with Gasteiger partial charge in [-0.3, -0.25) is 0 Å². The van der Waals surface area contributed by atoms with Gasteiger partial charge in [0, 0.05) is 18.1 Å². The molecule has 0 saturated carbocycles. The average molecular weight is 513 g/mol. The van der Waals surface area contributed by atoms with Gasteiger partial charge in [-0.1, -0.05) is 29.8 Å². The van der Waals surface area contributed by atoms with E-state index in [1.165, 1.54) is 11.1 Å². The Bertz CT molecular complexity index is 1600. The van der Waals surface area contributed by atoms with Gasteiger partial charge in [-0.2, -0.15) is 0 Å². The maximum absolute atomic E-state index is 13.2. The van der Waals surface area contributed by atoms with Crippen LogP contribution in [0.1, 0.15) is 22.3 Å². The van der Waals surface area contributed by atoms with E-state index in [1.807, 2.05) is 32.9 Å². The molecular formula is C26H28N2O5S2. The molecule has 0 saturated heterocycles. The summed E-state index contributed by atoms with van der Waals surface area (Å²) in [5.41, 5.74) is 4.13. The fourth-order valence-corrected chi connectivity index (χ4v) is 6.49. The van der Waals surface area contributed by atoms with E-state index < -0.39 is 20.0 Å². The highest BCUT2D eigenvalue weighted by Crippen LogP contribution is 2.27. The molecule has 0 bridgehead atoms. The topological polar surface area (TPSA) is 94.5 Å². The van der Waals surface area contributed by atoms with E-state index in [0.29, 0.717) is 17.7 Å². The summed E-state index contributed by atoms with van der Waals surface area (Å²) < 4.78 is 61.4. The Morgan fingerprint density at radius 1 is 0.857 bits per heavy atom. The molecule has 0 spiro atoms. The Hall–Kier alpha value is -3.14. The molecule has 1 heterocycles. The Morgan fingerprint density at radius 2 is 1.54 bits per heavy atom. The van der Waals surface area contributed by atoms with Crippen LogP contribution in [-0.4, -0.2) is 34.5 Å². The summed E-state index contributed by atoms with van der Waals surface area (Å²) >= 11 is 0. The normalized spacial score (nSPS) is 12.2. The average Bonchev–Trinajstić information content (AvgIpc) is 3.25. The number of hydrogen-bond acceptors (Lipinski definition) is 5. The number of rotatable bonds is 8. The molecule has 0 aliphatic heterocycles. The van der Waals surface area contributed by atoms with Crippen molar-refractivity contribution in [2.24, 2.45) is 0 Å². The van der Waals surface area contributed by atoms with Crippen molar-refractivity contribution in [1.82, 2.24) is 8.69 Å². The SMILES string of the molecule is COc1cc(C)c(C)cc1S(=O)(=O)NCCc1ccc2ccn(S(=O)(=O)c3ccc(C)cc3)c2c1. The molecule has 7 nitrogen and oxygen atoms in total. The van der Waals surface area contributed by atoms with Crippen molar-refractivity contribution in [2.45, 2.75) is 37.0 Å². The van der Waals surface area contributed by atoms with Crippen LogP contribution >= 0.6 is 0 Å². The highest BCUT2D eigenvalue weighted by atomic mass is 32.2. The lowest BCUT2D eigenvalue weighted by atomic mass is 10.1. The number of aromatic nitrogens is 1. The molecule has 9 heteroatoms. The second kappa shape index (κ2) is 9.49. The second-order valence-corrected chi connectivity index (χ2v) is 12.1. The lowest BCUT2D eigenvalue weighted by Gasteiger charge is -2.13. The number of fused-ring (bicyclic) bond motifs is 1. The fourth-order valence-electron chi connectivity index (χ4n) is 3.88. The molecule has 4 aromatic rings. The van der Waals surface area contributed by atoms with Crippen LogP contribution in [0.25, 0.3) is 10.9 Å². The zero-order valence-corrected chi connectivity index (χ0v) is 21.7. The monoisotopic (exact) mass is 512 g/mol. The molecule has 0 aliphatic carbocycles. The van der Waals surface area contributed by atoms with Crippen LogP contribution in [0, 0.1) is 20.8 Å². The zero-order valence-electron chi connectivity index (χ0n) is 20.1. The van der Waals surface area contributed by atoms with Crippen molar-refractivity contribution in [1.29, 1.82) is 0 Å². The van der Waals surface area contributed by atoms with Crippen molar-refractivity contribution >= 4 is 30.9 Å². The summed E-state index contributed by atoms with van der Waals surface area (Å²) in [6.07, 6.45) is 1.93. The second-order valence-electron chi connectivity index (χ2n) is 8.56. The number of hydrogen-bond donors (Lipinski definition) is 1. The Labute approximate surface area is 206 Å². The third kappa shape index (κ3) is 4.98. The first-order valence-corrected chi connectivity index (χ1v) is 14.0. The summed E-state index contributed by atoms with van der Waals surface area (Å²) in [4.78, 5) is 0.303. The molecule has 1 N–H and O–H groups in total. The first-order chi connectivity index (χ1) is 16.5. The molecule has 4 rings (SSSR count). The van der Waals surface area contributed by atoms with Crippen LogP contribution in [0.15, 0.2) is 76.7 Å². The van der Waals surface area contributed by atoms with Gasteiger partial charge in [0.1, 0.15) is 10.6 Å². The van der Waals surface area contributed by atoms with E-state index >= 15 is 0 Å². The van der Waals surface area contributed by atoms with E-state index in [0.717, 1.165) is 27.6 Å². The van der Waals surface area contributed by atoms with Gasteiger partial charge in [0.05, 0.1) is 17.5 Å². The maximum Gasteiger partial charge on any atom is 0.268 e. The smallest absolute Gasteiger partial charge is 0.268 e. The van der Waals surface area contributed by atoms with Crippen LogP contribution in [0.4, 0.5) is 0 Å². The van der Waals surface area contributed by atoms with Crippen LogP contribution in [0.2, 0.25) is 0 Å². The largest absolute Gasteiger partial charge is 0.495 e. The van der Waals surface area contributed by atoms with Crippen LogP contribution < -0.4 is 9.46 Å². The summed E-state index contributed by atoms with van der Waals surface area (Å²) in [6, 6.07) is 17.3. The van der Waals surface area contributed by atoms with E-state index in [-0.39, 0.29) is 16.3 Å². The summed E-state index contributed by atoms with van der Waals surface area (Å²) in [6.45, 7) is 5.79. The minimum Gasteiger partial charge on any atom is -0.495 e. The number of methoxy groups -OCH3 is 1. The predicted molar refractivity (Wildman–Crippen MR) is 137 cm³/mol. The third-order valence-electron chi connectivity index (χ3n) is 6.07. The lowest BCUT2D eigenvalue weighted by Crippen LogP contribution is -2.26.